The summed E-state index contributed by atoms with van der Waals surface area (Å²) in [5.41, 5.74) is 6.75. The van der Waals surface area contributed by atoms with Gasteiger partial charge in [0.2, 0.25) is 5.91 Å². The minimum absolute atomic E-state index is 0.0483. The molecule has 7 nitrogen and oxygen atoms in total. The number of primary amides is 1. The Bertz CT molecular complexity index is 781. The maximum absolute atomic E-state index is 12.2. The van der Waals surface area contributed by atoms with Gasteiger partial charge in [-0.2, -0.15) is 0 Å². The first-order chi connectivity index (χ1) is 12.4. The number of benzene rings is 2. The Morgan fingerprint density at radius 2 is 1.73 bits per heavy atom. The van der Waals surface area contributed by atoms with Gasteiger partial charge >= 0.3 is 6.03 Å². The summed E-state index contributed by atoms with van der Waals surface area (Å²) in [7, 11) is 0. The van der Waals surface area contributed by atoms with Crippen molar-refractivity contribution in [1.82, 2.24) is 10.4 Å². The quantitative estimate of drug-likeness (QED) is 0.425. The van der Waals surface area contributed by atoms with Crippen molar-refractivity contribution < 1.29 is 14.8 Å². The second kappa shape index (κ2) is 9.28. The molecule has 2 aromatic carbocycles. The van der Waals surface area contributed by atoms with E-state index in [1.54, 1.807) is 42.5 Å². The average molecular weight is 397 g/mol. The zero-order valence-electron chi connectivity index (χ0n) is 13.7. The van der Waals surface area contributed by atoms with Gasteiger partial charge < -0.3 is 16.4 Å². The summed E-state index contributed by atoms with van der Waals surface area (Å²) in [6.45, 7) is -0.0274. The Hall–Kier alpha value is -2.48. The molecule has 9 heteroatoms. The van der Waals surface area contributed by atoms with E-state index in [0.717, 1.165) is 0 Å². The van der Waals surface area contributed by atoms with Crippen molar-refractivity contribution in [2.45, 2.75) is 6.42 Å². The zero-order chi connectivity index (χ0) is 19.1. The summed E-state index contributed by atoms with van der Waals surface area (Å²) in [5, 5.41) is 16.6. The Balaban J connectivity index is 2.09. The molecule has 0 aliphatic carbocycles. The van der Waals surface area contributed by atoms with Crippen LogP contribution in [0.1, 0.15) is 5.56 Å². The van der Waals surface area contributed by atoms with Crippen LogP contribution >= 0.6 is 23.2 Å². The topological polar surface area (TPSA) is 108 Å². The van der Waals surface area contributed by atoms with Crippen LogP contribution in [0.15, 0.2) is 42.5 Å². The molecule has 0 saturated carbocycles. The predicted octanol–water partition coefficient (Wildman–Crippen LogP) is 3.17. The van der Waals surface area contributed by atoms with Crippen LogP contribution < -0.4 is 16.4 Å². The highest BCUT2D eigenvalue weighted by molar-refractivity contribution is 6.39. The van der Waals surface area contributed by atoms with E-state index in [1.807, 2.05) is 0 Å². The molecule has 138 valence electrons. The number of hydrogen-bond donors (Lipinski definition) is 4. The van der Waals surface area contributed by atoms with E-state index in [1.165, 1.54) is 0 Å². The first kappa shape index (κ1) is 19.8. The molecule has 2 aromatic rings. The number of halogens is 2. The van der Waals surface area contributed by atoms with Gasteiger partial charge in [-0.25, -0.2) is 9.86 Å². The smallest absolute Gasteiger partial charge is 0.312 e. The number of urea groups is 1. The number of nitrogens with one attached hydrogen (secondary N) is 2. The molecule has 0 heterocycles. The van der Waals surface area contributed by atoms with E-state index in [2.05, 4.69) is 10.6 Å². The van der Waals surface area contributed by atoms with E-state index >= 15 is 0 Å². The van der Waals surface area contributed by atoms with Crippen LogP contribution in [0.25, 0.3) is 0 Å². The molecular formula is C17H18Cl2N4O3. The fraction of sp³-hybridized carbons (Fsp3) is 0.176. The average Bonchev–Trinajstić information content (AvgIpc) is 2.59. The van der Waals surface area contributed by atoms with Gasteiger partial charge in [0, 0.05) is 12.2 Å². The summed E-state index contributed by atoms with van der Waals surface area (Å²) in [5.74, 6) is -0.532. The SMILES string of the molecule is NC(=O)NCCN(O)C(=O)Cc1ccccc1Nc1c(Cl)cccc1Cl. The van der Waals surface area contributed by atoms with Crippen molar-refractivity contribution in [3.63, 3.8) is 0 Å². The zero-order valence-corrected chi connectivity index (χ0v) is 15.2. The number of carbonyl (C=O) groups is 2. The van der Waals surface area contributed by atoms with Crippen molar-refractivity contribution >= 4 is 46.5 Å². The minimum atomic E-state index is -0.725. The van der Waals surface area contributed by atoms with E-state index in [4.69, 9.17) is 28.9 Å². The molecule has 5 N–H and O–H groups in total. The minimum Gasteiger partial charge on any atom is -0.353 e. The summed E-state index contributed by atoms with van der Waals surface area (Å²) in [6, 6.07) is 11.5. The summed E-state index contributed by atoms with van der Waals surface area (Å²) < 4.78 is 0. The van der Waals surface area contributed by atoms with Gasteiger partial charge in [-0.05, 0) is 23.8 Å². The summed E-state index contributed by atoms with van der Waals surface area (Å²) in [6.07, 6.45) is -0.0572. The Labute approximate surface area is 160 Å². The lowest BCUT2D eigenvalue weighted by molar-refractivity contribution is -0.164. The number of hydroxylamine groups is 2. The van der Waals surface area contributed by atoms with Gasteiger partial charge in [0.15, 0.2) is 0 Å². The van der Waals surface area contributed by atoms with E-state index in [9.17, 15) is 14.8 Å². The van der Waals surface area contributed by atoms with Crippen molar-refractivity contribution in [3.05, 3.63) is 58.1 Å². The number of carbonyl (C=O) groups excluding carboxylic acids is 2. The van der Waals surface area contributed by atoms with Gasteiger partial charge in [0.05, 0.1) is 28.7 Å². The van der Waals surface area contributed by atoms with Gasteiger partial charge in [-0.15, -0.1) is 0 Å². The van der Waals surface area contributed by atoms with E-state index in [0.29, 0.717) is 32.0 Å². The molecule has 0 unspecified atom stereocenters. The number of rotatable bonds is 7. The first-order valence-electron chi connectivity index (χ1n) is 7.70. The third-order valence-corrected chi connectivity index (χ3v) is 4.12. The van der Waals surface area contributed by atoms with Crippen LogP contribution in [-0.4, -0.2) is 35.3 Å². The Kier molecular flexibility index (Phi) is 7.08. The molecule has 0 saturated heterocycles. The van der Waals surface area contributed by atoms with Crippen LogP contribution in [0, 0.1) is 0 Å². The van der Waals surface area contributed by atoms with Gasteiger partial charge in [0.1, 0.15) is 0 Å². The lowest BCUT2D eigenvalue weighted by Gasteiger charge is -2.17. The predicted molar refractivity (Wildman–Crippen MR) is 101 cm³/mol. The second-order valence-corrected chi connectivity index (χ2v) is 6.18. The maximum Gasteiger partial charge on any atom is 0.312 e. The fourth-order valence-corrected chi connectivity index (χ4v) is 2.70. The van der Waals surface area contributed by atoms with Gasteiger partial charge in [-0.1, -0.05) is 47.5 Å². The molecule has 26 heavy (non-hydrogen) atoms. The normalized spacial score (nSPS) is 10.3. The monoisotopic (exact) mass is 396 g/mol. The van der Waals surface area contributed by atoms with E-state index in [-0.39, 0.29) is 19.5 Å². The molecule has 2 rings (SSSR count). The largest absolute Gasteiger partial charge is 0.353 e. The number of amides is 3. The highest BCUT2D eigenvalue weighted by Gasteiger charge is 2.15. The highest BCUT2D eigenvalue weighted by Crippen LogP contribution is 2.33. The Morgan fingerprint density at radius 1 is 1.08 bits per heavy atom. The first-order valence-corrected chi connectivity index (χ1v) is 8.45. The second-order valence-electron chi connectivity index (χ2n) is 5.36. The third-order valence-electron chi connectivity index (χ3n) is 3.49. The van der Waals surface area contributed by atoms with Crippen LogP contribution in [0.5, 0.6) is 0 Å². The molecule has 0 aliphatic rings. The van der Waals surface area contributed by atoms with Crippen LogP contribution in [0.2, 0.25) is 10.0 Å². The standard InChI is InChI=1S/C17H18Cl2N4O3/c18-12-5-3-6-13(19)16(12)22-14-7-2-1-4-11(14)10-15(24)23(26)9-8-21-17(20)25/h1-7,22,26H,8-10H2,(H3,20,21,25). The molecule has 0 aliphatic heterocycles. The number of nitrogens with two attached hydrogens (primary N) is 1. The van der Waals surface area contributed by atoms with Gasteiger partial charge in [-0.3, -0.25) is 10.0 Å². The van der Waals surface area contributed by atoms with Crippen molar-refractivity contribution in [2.24, 2.45) is 5.73 Å². The number of hydrogen-bond acceptors (Lipinski definition) is 4. The number of para-hydroxylation sites is 2. The lowest BCUT2D eigenvalue weighted by atomic mass is 10.1. The van der Waals surface area contributed by atoms with Crippen LogP contribution in [-0.2, 0) is 11.2 Å². The highest BCUT2D eigenvalue weighted by atomic mass is 35.5. The van der Waals surface area contributed by atoms with Crippen LogP contribution in [0.3, 0.4) is 0 Å². The van der Waals surface area contributed by atoms with E-state index < -0.39 is 11.9 Å². The maximum atomic E-state index is 12.2. The lowest BCUT2D eigenvalue weighted by Crippen LogP contribution is -2.39. The number of anilines is 2. The fourth-order valence-electron chi connectivity index (χ4n) is 2.21. The molecule has 0 radical (unpaired) electrons. The Morgan fingerprint density at radius 3 is 2.38 bits per heavy atom. The molecule has 0 fully saturated rings. The summed E-state index contributed by atoms with van der Waals surface area (Å²) >= 11 is 12.3. The van der Waals surface area contributed by atoms with Crippen LogP contribution in [0.4, 0.5) is 16.2 Å². The van der Waals surface area contributed by atoms with Gasteiger partial charge in [0.25, 0.3) is 0 Å². The van der Waals surface area contributed by atoms with Crippen molar-refractivity contribution in [1.29, 1.82) is 0 Å². The molecule has 0 aromatic heterocycles. The van der Waals surface area contributed by atoms with Crippen molar-refractivity contribution in [3.8, 4) is 0 Å². The molecule has 0 atom stereocenters. The number of nitrogens with zero attached hydrogens (tertiary/aromatic N) is 1. The molecular weight excluding hydrogens is 379 g/mol. The molecule has 3 amide bonds. The summed E-state index contributed by atoms with van der Waals surface area (Å²) in [4.78, 5) is 22.8. The van der Waals surface area contributed by atoms with Crippen molar-refractivity contribution in [2.75, 3.05) is 18.4 Å². The molecule has 0 spiro atoms. The molecule has 0 bridgehead atoms. The third kappa shape index (κ3) is 5.52.